The summed E-state index contributed by atoms with van der Waals surface area (Å²) in [7, 11) is 5.25. The van der Waals surface area contributed by atoms with Gasteiger partial charge < -0.3 is 25.0 Å². The number of piperidine rings is 1. The number of rotatable bonds is 11. The van der Waals surface area contributed by atoms with Gasteiger partial charge in [-0.15, -0.1) is 24.0 Å². The Morgan fingerprint density at radius 1 is 0.970 bits per heavy atom. The number of ether oxygens (including phenoxy) is 2. The van der Waals surface area contributed by atoms with Gasteiger partial charge in [-0.3, -0.25) is 9.89 Å². The van der Waals surface area contributed by atoms with E-state index in [0.717, 1.165) is 50.1 Å². The van der Waals surface area contributed by atoms with Gasteiger partial charge in [-0.05, 0) is 69.4 Å². The molecule has 33 heavy (non-hydrogen) atoms. The maximum atomic E-state index is 5.41. The van der Waals surface area contributed by atoms with E-state index in [9.17, 15) is 0 Å². The van der Waals surface area contributed by atoms with Crippen LogP contribution in [0.25, 0.3) is 0 Å². The van der Waals surface area contributed by atoms with E-state index in [2.05, 4.69) is 37.6 Å². The molecule has 0 aliphatic carbocycles. The third-order valence-electron chi connectivity index (χ3n) is 6.55. The van der Waals surface area contributed by atoms with E-state index >= 15 is 0 Å². The number of hydrogen-bond acceptors (Lipinski definition) is 5. The maximum Gasteiger partial charge on any atom is 0.191 e. The molecule has 1 atom stereocenters. The number of nitrogens with one attached hydrogen (secondary N) is 2. The molecule has 1 unspecified atom stereocenters. The molecule has 0 saturated carbocycles. The minimum absolute atomic E-state index is 0. The third-order valence-corrected chi connectivity index (χ3v) is 6.55. The lowest BCUT2D eigenvalue weighted by Crippen LogP contribution is -2.44. The van der Waals surface area contributed by atoms with Crippen molar-refractivity contribution >= 4 is 29.9 Å². The second-order valence-corrected chi connectivity index (χ2v) is 9.05. The van der Waals surface area contributed by atoms with Gasteiger partial charge >= 0.3 is 0 Å². The lowest BCUT2D eigenvalue weighted by atomic mass is 10.1. The van der Waals surface area contributed by atoms with Gasteiger partial charge in [-0.25, -0.2) is 0 Å². The Kier molecular flexibility index (Phi) is 13.2. The molecule has 0 spiro atoms. The summed E-state index contributed by atoms with van der Waals surface area (Å²) >= 11 is 0. The predicted molar refractivity (Wildman–Crippen MR) is 147 cm³/mol. The fourth-order valence-electron chi connectivity index (χ4n) is 4.72. The summed E-state index contributed by atoms with van der Waals surface area (Å²) in [5.74, 6) is 2.61. The topological polar surface area (TPSA) is 61.4 Å². The summed E-state index contributed by atoms with van der Waals surface area (Å²) < 4.78 is 10.8. The normalized spacial score (nSPS) is 19.7. The summed E-state index contributed by atoms with van der Waals surface area (Å²) in [6, 6.07) is 6.53. The van der Waals surface area contributed by atoms with Crippen molar-refractivity contribution in [1.82, 2.24) is 20.4 Å². The first-order valence-corrected chi connectivity index (χ1v) is 12.3. The Hall–Kier alpha value is -1.26. The van der Waals surface area contributed by atoms with Crippen molar-refractivity contribution in [2.45, 2.75) is 57.5 Å². The van der Waals surface area contributed by atoms with Crippen molar-refractivity contribution in [3.8, 4) is 11.5 Å². The molecule has 3 rings (SSSR count). The van der Waals surface area contributed by atoms with Gasteiger partial charge in [0.25, 0.3) is 0 Å². The molecular weight excluding hydrogens is 529 g/mol. The Balaban J connectivity index is 0.00000385. The smallest absolute Gasteiger partial charge is 0.191 e. The second kappa shape index (κ2) is 15.6. The quantitative estimate of drug-likeness (QED) is 0.182. The Labute approximate surface area is 217 Å². The number of halogens is 1. The van der Waals surface area contributed by atoms with E-state index in [1.165, 1.54) is 63.7 Å². The number of methoxy groups -OCH3 is 2. The van der Waals surface area contributed by atoms with Gasteiger partial charge in [-0.1, -0.05) is 12.8 Å². The fraction of sp³-hybridized carbons (Fsp3) is 0.720. The number of hydrogen-bond donors (Lipinski definition) is 2. The average Bonchev–Trinajstić information content (AvgIpc) is 3.27. The summed E-state index contributed by atoms with van der Waals surface area (Å²) in [6.07, 6.45) is 9.09. The molecule has 0 aromatic heterocycles. The summed E-state index contributed by atoms with van der Waals surface area (Å²) in [5, 5.41) is 7.11. The van der Waals surface area contributed by atoms with Crippen LogP contribution in [-0.2, 0) is 6.54 Å². The lowest BCUT2D eigenvalue weighted by Gasteiger charge is -2.26. The Morgan fingerprint density at radius 3 is 2.36 bits per heavy atom. The molecule has 2 saturated heterocycles. The highest BCUT2D eigenvalue weighted by Gasteiger charge is 2.23. The number of likely N-dealkylation sites (tertiary alicyclic amines) is 2. The highest BCUT2D eigenvalue weighted by molar-refractivity contribution is 14.0. The molecule has 1 aromatic carbocycles. The van der Waals surface area contributed by atoms with Crippen molar-refractivity contribution < 1.29 is 9.47 Å². The Bertz CT molecular complexity index is 690. The molecule has 2 N–H and O–H groups in total. The first-order chi connectivity index (χ1) is 15.7. The van der Waals surface area contributed by atoms with Crippen molar-refractivity contribution in [2.24, 2.45) is 4.99 Å². The number of unbranched alkanes of at least 4 members (excludes halogenated alkanes) is 2. The van der Waals surface area contributed by atoms with Crippen LogP contribution in [0.15, 0.2) is 23.2 Å². The van der Waals surface area contributed by atoms with Crippen LogP contribution >= 0.6 is 24.0 Å². The molecular formula is C25H44IN5O2. The van der Waals surface area contributed by atoms with Gasteiger partial charge in [0, 0.05) is 45.3 Å². The molecule has 2 heterocycles. The van der Waals surface area contributed by atoms with Crippen molar-refractivity contribution in [1.29, 1.82) is 0 Å². The largest absolute Gasteiger partial charge is 0.497 e. The molecule has 0 amide bonds. The second-order valence-electron chi connectivity index (χ2n) is 9.05. The van der Waals surface area contributed by atoms with Crippen molar-refractivity contribution in [3.63, 3.8) is 0 Å². The first kappa shape index (κ1) is 28.0. The minimum Gasteiger partial charge on any atom is -0.497 e. The lowest BCUT2D eigenvalue weighted by molar-refractivity contribution is 0.224. The van der Waals surface area contributed by atoms with E-state index in [4.69, 9.17) is 9.47 Å². The average molecular weight is 574 g/mol. The minimum atomic E-state index is 0. The van der Waals surface area contributed by atoms with Gasteiger partial charge in [-0.2, -0.15) is 0 Å². The molecule has 8 heteroatoms. The molecule has 188 valence electrons. The molecule has 7 nitrogen and oxygen atoms in total. The number of aliphatic imine (C=N–C) groups is 1. The summed E-state index contributed by atoms with van der Waals surface area (Å²) in [5.41, 5.74) is 1.22. The third kappa shape index (κ3) is 9.86. The molecule has 1 aromatic rings. The van der Waals surface area contributed by atoms with Gasteiger partial charge in [0.05, 0.1) is 14.2 Å². The molecule has 2 aliphatic rings. The van der Waals surface area contributed by atoms with Crippen LogP contribution in [0.4, 0.5) is 0 Å². The van der Waals surface area contributed by atoms with Crippen molar-refractivity contribution in [2.75, 3.05) is 60.5 Å². The van der Waals surface area contributed by atoms with Gasteiger partial charge in [0.15, 0.2) is 5.96 Å². The van der Waals surface area contributed by atoms with Crippen LogP contribution in [-0.4, -0.2) is 82.3 Å². The Morgan fingerprint density at radius 2 is 1.70 bits per heavy atom. The zero-order valence-electron chi connectivity index (χ0n) is 20.8. The molecule has 0 bridgehead atoms. The van der Waals surface area contributed by atoms with Gasteiger partial charge in [0.2, 0.25) is 0 Å². The highest BCUT2D eigenvalue weighted by atomic mass is 127. The number of guanidine groups is 1. The van der Waals surface area contributed by atoms with E-state index in [1.54, 1.807) is 14.2 Å². The molecule has 2 aliphatic heterocycles. The first-order valence-electron chi connectivity index (χ1n) is 12.3. The zero-order valence-corrected chi connectivity index (χ0v) is 23.1. The van der Waals surface area contributed by atoms with Gasteiger partial charge in [0.1, 0.15) is 11.5 Å². The number of benzene rings is 1. The number of nitrogens with zero attached hydrogens (tertiary/aromatic N) is 3. The van der Waals surface area contributed by atoms with Crippen LogP contribution in [0, 0.1) is 0 Å². The van der Waals surface area contributed by atoms with Crippen LogP contribution < -0.4 is 20.1 Å². The van der Waals surface area contributed by atoms with Crippen LogP contribution in [0.5, 0.6) is 11.5 Å². The monoisotopic (exact) mass is 573 g/mol. The fourth-order valence-corrected chi connectivity index (χ4v) is 4.72. The van der Waals surface area contributed by atoms with Crippen LogP contribution in [0.2, 0.25) is 0 Å². The van der Waals surface area contributed by atoms with E-state index in [1.807, 2.05) is 13.1 Å². The van der Waals surface area contributed by atoms with E-state index < -0.39 is 0 Å². The molecule has 2 fully saturated rings. The zero-order chi connectivity index (χ0) is 22.6. The summed E-state index contributed by atoms with van der Waals surface area (Å²) in [6.45, 7) is 7.84. The molecule has 0 radical (unpaired) electrons. The standard InChI is InChI=1S/C25H43N5O2.HI/c1-26-25(27-11-6-4-7-12-29-13-8-5-9-14-29)28-22-10-15-30(20-22)19-21-16-23(31-2)18-24(17-21)32-3;/h16-18,22H,4-15,19-20H2,1-3H3,(H2,26,27,28);1H. The van der Waals surface area contributed by atoms with Crippen molar-refractivity contribution in [3.05, 3.63) is 23.8 Å². The SMILES string of the molecule is CN=C(NCCCCCN1CCCCC1)NC1CCN(Cc2cc(OC)cc(OC)c2)C1.I. The van der Waals surface area contributed by atoms with Crippen LogP contribution in [0.1, 0.15) is 50.5 Å². The predicted octanol–water partition coefficient (Wildman–Crippen LogP) is 3.72. The van der Waals surface area contributed by atoms with E-state index in [0.29, 0.717) is 6.04 Å². The summed E-state index contributed by atoms with van der Waals surface area (Å²) in [4.78, 5) is 9.53. The van der Waals surface area contributed by atoms with E-state index in [-0.39, 0.29) is 24.0 Å². The maximum absolute atomic E-state index is 5.41. The van der Waals surface area contributed by atoms with Crippen LogP contribution in [0.3, 0.4) is 0 Å². The highest BCUT2D eigenvalue weighted by Crippen LogP contribution is 2.24.